The van der Waals surface area contributed by atoms with Crippen molar-refractivity contribution in [2.75, 3.05) is 0 Å². The quantitative estimate of drug-likeness (QED) is 0.547. The first-order valence-corrected chi connectivity index (χ1v) is 4.34. The lowest BCUT2D eigenvalue weighted by Crippen LogP contribution is -2.14. The highest BCUT2D eigenvalue weighted by Gasteiger charge is 2.25. The number of nitrogens with two attached hydrogens (primary N) is 1. The van der Waals surface area contributed by atoms with Gasteiger partial charge in [-0.1, -0.05) is 5.16 Å². The maximum atomic E-state index is 5.69. The summed E-state index contributed by atoms with van der Waals surface area (Å²) >= 11 is 0. The van der Waals surface area contributed by atoms with Crippen LogP contribution in [0.2, 0.25) is 0 Å². The number of hydrogen-bond acceptors (Lipinski definition) is 4. The average molecular weight is 180 g/mol. The largest absolute Gasteiger partial charge is 0.387 e. The van der Waals surface area contributed by atoms with Gasteiger partial charge in [-0.2, -0.15) is 4.98 Å². The van der Waals surface area contributed by atoms with E-state index >= 15 is 0 Å². The Morgan fingerprint density at radius 3 is 3.00 bits per heavy atom. The summed E-state index contributed by atoms with van der Waals surface area (Å²) in [6.07, 6.45) is 2.33. The Kier molecular flexibility index (Phi) is 2.00. The molecule has 70 valence electrons. The first-order chi connectivity index (χ1) is 6.25. The molecule has 1 saturated carbocycles. The van der Waals surface area contributed by atoms with E-state index in [4.69, 9.17) is 10.3 Å². The topological polar surface area (TPSA) is 77.3 Å². The lowest BCUT2D eigenvalue weighted by Gasteiger charge is -1.93. The van der Waals surface area contributed by atoms with Gasteiger partial charge in [-0.25, -0.2) is 0 Å². The number of nitrogens with zero attached hydrogens (tertiary/aromatic N) is 3. The summed E-state index contributed by atoms with van der Waals surface area (Å²) in [5, 5.41) is 3.66. The molecule has 0 bridgehead atoms. The van der Waals surface area contributed by atoms with Gasteiger partial charge >= 0.3 is 0 Å². The fraction of sp³-hybridized carbons (Fsp3) is 0.625. The van der Waals surface area contributed by atoms with E-state index in [1.165, 1.54) is 0 Å². The third-order valence-corrected chi connectivity index (χ3v) is 1.96. The molecule has 1 aromatic heterocycles. The van der Waals surface area contributed by atoms with Crippen LogP contribution < -0.4 is 5.73 Å². The van der Waals surface area contributed by atoms with E-state index < -0.39 is 0 Å². The summed E-state index contributed by atoms with van der Waals surface area (Å²) in [5.74, 6) is 2.39. The highest BCUT2D eigenvalue weighted by Crippen LogP contribution is 2.28. The molecule has 0 amide bonds. The molecule has 0 unspecified atom stereocenters. The molecule has 2 N–H and O–H groups in total. The van der Waals surface area contributed by atoms with Gasteiger partial charge in [-0.15, -0.1) is 0 Å². The van der Waals surface area contributed by atoms with E-state index in [-0.39, 0.29) is 0 Å². The zero-order valence-corrected chi connectivity index (χ0v) is 7.53. The molecule has 0 saturated heterocycles. The Labute approximate surface area is 76.0 Å². The molecular formula is C8H12N4O. The smallest absolute Gasteiger partial charge is 0.248 e. The van der Waals surface area contributed by atoms with Crippen LogP contribution in [-0.4, -0.2) is 16.0 Å². The normalized spacial score (nSPS) is 17.8. The molecule has 1 aliphatic carbocycles. The minimum Gasteiger partial charge on any atom is -0.387 e. The maximum absolute atomic E-state index is 5.69. The highest BCUT2D eigenvalue weighted by atomic mass is 16.5. The van der Waals surface area contributed by atoms with Crippen LogP contribution in [0.15, 0.2) is 9.52 Å². The van der Waals surface area contributed by atoms with E-state index in [9.17, 15) is 0 Å². The number of hydrogen-bond donors (Lipinski definition) is 1. The Morgan fingerprint density at radius 1 is 1.69 bits per heavy atom. The molecule has 5 heteroatoms. The van der Waals surface area contributed by atoms with Crippen molar-refractivity contribution in [2.24, 2.45) is 16.6 Å². The first kappa shape index (κ1) is 8.22. The maximum Gasteiger partial charge on any atom is 0.248 e. The summed E-state index contributed by atoms with van der Waals surface area (Å²) in [5.41, 5.74) is 5.69. The fourth-order valence-corrected chi connectivity index (χ4v) is 1.07. The third-order valence-electron chi connectivity index (χ3n) is 1.96. The van der Waals surface area contributed by atoms with Crippen LogP contribution in [0.3, 0.4) is 0 Å². The van der Waals surface area contributed by atoms with E-state index in [2.05, 4.69) is 15.1 Å². The number of aryl methyl sites for hydroxylation is 1. The van der Waals surface area contributed by atoms with Crippen molar-refractivity contribution in [3.63, 3.8) is 0 Å². The van der Waals surface area contributed by atoms with Gasteiger partial charge in [0, 0.05) is 5.92 Å². The van der Waals surface area contributed by atoms with Crippen LogP contribution in [0.25, 0.3) is 0 Å². The first-order valence-electron chi connectivity index (χ1n) is 4.34. The minimum absolute atomic E-state index is 0.406. The predicted molar refractivity (Wildman–Crippen MR) is 47.1 cm³/mol. The van der Waals surface area contributed by atoms with Crippen LogP contribution in [0.1, 0.15) is 24.6 Å². The van der Waals surface area contributed by atoms with Gasteiger partial charge in [-0.3, -0.25) is 4.99 Å². The zero-order chi connectivity index (χ0) is 9.26. The van der Waals surface area contributed by atoms with Gasteiger partial charge in [0.1, 0.15) is 6.54 Å². The second-order valence-electron chi connectivity index (χ2n) is 3.25. The second-order valence-corrected chi connectivity index (χ2v) is 3.25. The summed E-state index contributed by atoms with van der Waals surface area (Å²) in [4.78, 5) is 8.19. The Bertz CT molecular complexity index is 327. The van der Waals surface area contributed by atoms with Crippen LogP contribution in [0.4, 0.5) is 0 Å². The molecule has 0 radical (unpaired) electrons. The standard InChI is InChI=1S/C8H12N4O/c1-5-11-7(13-12-5)4-10-8(9)6-2-3-6/h6H,2-4H2,1H3,(H2,9,10). The molecule has 1 fully saturated rings. The lowest BCUT2D eigenvalue weighted by atomic mass is 10.4. The monoisotopic (exact) mass is 180 g/mol. The highest BCUT2D eigenvalue weighted by molar-refractivity contribution is 5.84. The van der Waals surface area contributed by atoms with Crippen molar-refractivity contribution in [1.29, 1.82) is 0 Å². The summed E-state index contributed by atoms with van der Waals surface area (Å²) in [6, 6.07) is 0. The zero-order valence-electron chi connectivity index (χ0n) is 7.53. The van der Waals surface area contributed by atoms with Gasteiger partial charge in [0.25, 0.3) is 0 Å². The molecule has 13 heavy (non-hydrogen) atoms. The van der Waals surface area contributed by atoms with Crippen molar-refractivity contribution in [3.8, 4) is 0 Å². The Balaban J connectivity index is 1.94. The summed E-state index contributed by atoms with van der Waals surface area (Å²) in [6.45, 7) is 2.18. The predicted octanol–water partition coefficient (Wildman–Crippen LogP) is 0.645. The second kappa shape index (κ2) is 3.16. The van der Waals surface area contributed by atoms with Gasteiger partial charge in [0.15, 0.2) is 5.82 Å². The molecule has 2 rings (SSSR count). The molecule has 0 spiro atoms. The molecule has 1 heterocycles. The van der Waals surface area contributed by atoms with Gasteiger partial charge < -0.3 is 10.3 Å². The number of amidine groups is 1. The van der Waals surface area contributed by atoms with Crippen LogP contribution >= 0.6 is 0 Å². The Hall–Kier alpha value is -1.39. The molecule has 1 aromatic rings. The van der Waals surface area contributed by atoms with Crippen LogP contribution in [0, 0.1) is 12.8 Å². The van der Waals surface area contributed by atoms with Crippen molar-refractivity contribution >= 4 is 5.84 Å². The molecule has 0 aliphatic heterocycles. The number of aliphatic imine (C=N–C) groups is 1. The molecule has 1 aliphatic rings. The lowest BCUT2D eigenvalue weighted by molar-refractivity contribution is 0.376. The minimum atomic E-state index is 0.406. The Morgan fingerprint density at radius 2 is 2.46 bits per heavy atom. The van der Waals surface area contributed by atoms with Crippen molar-refractivity contribution in [3.05, 3.63) is 11.7 Å². The van der Waals surface area contributed by atoms with Crippen molar-refractivity contribution in [2.45, 2.75) is 26.3 Å². The van der Waals surface area contributed by atoms with Crippen molar-refractivity contribution in [1.82, 2.24) is 10.1 Å². The fourth-order valence-electron chi connectivity index (χ4n) is 1.07. The third kappa shape index (κ3) is 2.05. The van der Waals surface area contributed by atoms with Crippen LogP contribution in [0.5, 0.6) is 0 Å². The van der Waals surface area contributed by atoms with E-state index in [1.807, 2.05) is 0 Å². The van der Waals surface area contributed by atoms with Gasteiger partial charge in [0.05, 0.1) is 5.84 Å². The summed E-state index contributed by atoms with van der Waals surface area (Å²) in [7, 11) is 0. The van der Waals surface area contributed by atoms with E-state index in [0.717, 1.165) is 18.7 Å². The molecule has 5 nitrogen and oxygen atoms in total. The van der Waals surface area contributed by atoms with E-state index in [1.54, 1.807) is 6.92 Å². The van der Waals surface area contributed by atoms with Crippen molar-refractivity contribution < 1.29 is 4.52 Å². The average Bonchev–Trinajstić information content (AvgIpc) is 2.87. The van der Waals surface area contributed by atoms with Gasteiger partial charge in [-0.05, 0) is 19.8 Å². The number of aromatic nitrogens is 2. The number of rotatable bonds is 3. The van der Waals surface area contributed by atoms with Gasteiger partial charge in [0.2, 0.25) is 5.89 Å². The molecular weight excluding hydrogens is 168 g/mol. The molecule has 0 atom stereocenters. The summed E-state index contributed by atoms with van der Waals surface area (Å²) < 4.78 is 4.89. The molecule has 0 aromatic carbocycles. The van der Waals surface area contributed by atoms with E-state index in [0.29, 0.717) is 24.2 Å². The van der Waals surface area contributed by atoms with Crippen LogP contribution in [-0.2, 0) is 6.54 Å². The SMILES string of the molecule is Cc1noc(CN=C(N)C2CC2)n1.